The van der Waals surface area contributed by atoms with E-state index in [0.717, 1.165) is 5.56 Å². The fraction of sp³-hybridized carbons (Fsp3) is 0.0769. The highest BCUT2D eigenvalue weighted by Gasteiger charge is 2.06. The summed E-state index contributed by atoms with van der Waals surface area (Å²) in [7, 11) is 0. The molecular weight excluding hydrogens is 202 g/mol. The molecule has 2 aromatic rings. The molecule has 1 aromatic carbocycles. The maximum Gasteiger partial charge on any atom is 0.159 e. The largest absolute Gasteiger partial charge is 0.506 e. The second kappa shape index (κ2) is 4.14. The Bertz CT molecular complexity index is 535. The van der Waals surface area contributed by atoms with Gasteiger partial charge in [-0.3, -0.25) is 9.78 Å². The number of rotatable bonds is 2. The van der Waals surface area contributed by atoms with Crippen LogP contribution in [0.4, 0.5) is 0 Å². The Kier molecular flexibility index (Phi) is 2.68. The molecule has 0 atom stereocenters. The lowest BCUT2D eigenvalue weighted by atomic mass is 10.0. The van der Waals surface area contributed by atoms with Crippen LogP contribution < -0.4 is 0 Å². The first-order valence-electron chi connectivity index (χ1n) is 4.94. The molecule has 0 radical (unpaired) electrons. The molecule has 1 N–H and O–H groups in total. The van der Waals surface area contributed by atoms with Gasteiger partial charge in [0.2, 0.25) is 0 Å². The summed E-state index contributed by atoms with van der Waals surface area (Å²) in [4.78, 5) is 15.3. The summed E-state index contributed by atoms with van der Waals surface area (Å²) >= 11 is 0. The molecule has 0 aliphatic carbocycles. The highest BCUT2D eigenvalue weighted by molar-refractivity contribution is 5.95. The third-order valence-electron chi connectivity index (χ3n) is 2.33. The molecule has 0 spiro atoms. The molecular formula is C13H11NO2. The number of benzene rings is 1. The molecule has 0 saturated carbocycles. The molecule has 0 amide bonds. The first kappa shape index (κ1) is 10.4. The fourth-order valence-electron chi connectivity index (χ4n) is 1.50. The van der Waals surface area contributed by atoms with Crippen molar-refractivity contribution in [1.82, 2.24) is 4.98 Å². The quantitative estimate of drug-likeness (QED) is 0.780. The Morgan fingerprint density at radius 3 is 2.75 bits per heavy atom. The van der Waals surface area contributed by atoms with Crippen LogP contribution in [0.25, 0.3) is 11.3 Å². The van der Waals surface area contributed by atoms with Crippen LogP contribution in [0.1, 0.15) is 17.3 Å². The minimum absolute atomic E-state index is 0.00253. The summed E-state index contributed by atoms with van der Waals surface area (Å²) in [5.74, 6) is 0.112. The molecule has 3 nitrogen and oxygen atoms in total. The molecule has 0 aliphatic rings. The van der Waals surface area contributed by atoms with Gasteiger partial charge in [-0.1, -0.05) is 18.2 Å². The van der Waals surface area contributed by atoms with Gasteiger partial charge < -0.3 is 5.11 Å². The minimum Gasteiger partial charge on any atom is -0.506 e. The highest BCUT2D eigenvalue weighted by Crippen LogP contribution is 2.26. The van der Waals surface area contributed by atoms with Crippen LogP contribution in [-0.4, -0.2) is 15.9 Å². The molecule has 0 saturated heterocycles. The number of pyridine rings is 1. The first-order valence-corrected chi connectivity index (χ1v) is 4.94. The Morgan fingerprint density at radius 2 is 2.06 bits per heavy atom. The van der Waals surface area contributed by atoms with E-state index < -0.39 is 0 Å². The predicted molar refractivity (Wildman–Crippen MR) is 61.3 cm³/mol. The van der Waals surface area contributed by atoms with E-state index in [4.69, 9.17) is 0 Å². The van der Waals surface area contributed by atoms with E-state index in [-0.39, 0.29) is 11.5 Å². The van der Waals surface area contributed by atoms with Crippen molar-refractivity contribution in [2.45, 2.75) is 6.92 Å². The van der Waals surface area contributed by atoms with Crippen molar-refractivity contribution in [3.05, 3.63) is 48.2 Å². The minimum atomic E-state index is -0.00253. The van der Waals surface area contributed by atoms with E-state index in [1.54, 1.807) is 36.5 Å². The number of hydrogen-bond donors (Lipinski definition) is 1. The molecule has 2 rings (SSSR count). The number of aromatic nitrogens is 1. The van der Waals surface area contributed by atoms with Gasteiger partial charge in [0.15, 0.2) is 5.78 Å². The molecule has 3 heteroatoms. The number of nitrogens with zero attached hydrogens (tertiary/aromatic N) is 1. The van der Waals surface area contributed by atoms with Crippen molar-refractivity contribution < 1.29 is 9.90 Å². The Hall–Kier alpha value is -2.16. The highest BCUT2D eigenvalue weighted by atomic mass is 16.3. The van der Waals surface area contributed by atoms with Gasteiger partial charge in [-0.25, -0.2) is 0 Å². The molecule has 1 aromatic heterocycles. The fourth-order valence-corrected chi connectivity index (χ4v) is 1.50. The smallest absolute Gasteiger partial charge is 0.159 e. The summed E-state index contributed by atoms with van der Waals surface area (Å²) in [5, 5.41) is 9.65. The normalized spacial score (nSPS) is 10.1. The number of Topliss-reactive ketones (excluding diaryl/α,β-unsaturated/α-hetero) is 1. The van der Waals surface area contributed by atoms with Gasteiger partial charge in [0, 0.05) is 17.3 Å². The average Bonchev–Trinajstić information content (AvgIpc) is 2.30. The monoisotopic (exact) mass is 213 g/mol. The van der Waals surface area contributed by atoms with Crippen molar-refractivity contribution in [1.29, 1.82) is 0 Å². The number of ketones is 1. The Morgan fingerprint density at radius 1 is 1.25 bits per heavy atom. The number of carbonyl (C=O) groups excluding carboxylic acids is 1. The zero-order chi connectivity index (χ0) is 11.5. The van der Waals surface area contributed by atoms with Gasteiger partial charge in [-0.15, -0.1) is 0 Å². The van der Waals surface area contributed by atoms with Gasteiger partial charge >= 0.3 is 0 Å². The standard InChI is InChI=1S/C13H11NO2/c1-9(15)10-4-2-5-11(8-10)13-12(16)6-3-7-14-13/h2-8,16H,1H3. The van der Waals surface area contributed by atoms with E-state index in [0.29, 0.717) is 11.3 Å². The number of hydrogen-bond acceptors (Lipinski definition) is 3. The summed E-state index contributed by atoms with van der Waals surface area (Å²) < 4.78 is 0. The maximum atomic E-state index is 11.2. The van der Waals surface area contributed by atoms with Crippen LogP contribution in [0.2, 0.25) is 0 Å². The molecule has 1 heterocycles. The van der Waals surface area contributed by atoms with Crippen molar-refractivity contribution in [3.8, 4) is 17.0 Å². The molecule has 0 bridgehead atoms. The summed E-state index contributed by atoms with van der Waals surface area (Å²) in [6.07, 6.45) is 1.61. The van der Waals surface area contributed by atoms with Crippen LogP contribution in [-0.2, 0) is 0 Å². The van der Waals surface area contributed by atoms with Gasteiger partial charge in [0.1, 0.15) is 11.4 Å². The molecule has 0 unspecified atom stereocenters. The van der Waals surface area contributed by atoms with Crippen molar-refractivity contribution in [3.63, 3.8) is 0 Å². The van der Waals surface area contributed by atoms with Gasteiger partial charge in [0.05, 0.1) is 0 Å². The van der Waals surface area contributed by atoms with Crippen LogP contribution in [0.5, 0.6) is 5.75 Å². The maximum absolute atomic E-state index is 11.2. The van der Waals surface area contributed by atoms with Gasteiger partial charge in [-0.2, -0.15) is 0 Å². The van der Waals surface area contributed by atoms with Crippen molar-refractivity contribution in [2.75, 3.05) is 0 Å². The van der Waals surface area contributed by atoms with Crippen LogP contribution in [0, 0.1) is 0 Å². The lowest BCUT2D eigenvalue weighted by Crippen LogP contribution is -1.92. The second-order valence-electron chi connectivity index (χ2n) is 3.51. The summed E-state index contributed by atoms with van der Waals surface area (Å²) in [6.45, 7) is 1.51. The molecule has 0 fully saturated rings. The SMILES string of the molecule is CC(=O)c1cccc(-c2ncccc2O)c1. The first-order chi connectivity index (χ1) is 7.68. The number of aromatic hydroxyl groups is 1. The predicted octanol–water partition coefficient (Wildman–Crippen LogP) is 2.66. The Balaban J connectivity index is 2.53. The molecule has 16 heavy (non-hydrogen) atoms. The third-order valence-corrected chi connectivity index (χ3v) is 2.33. The lowest BCUT2D eigenvalue weighted by Gasteiger charge is -2.04. The van der Waals surface area contributed by atoms with Crippen molar-refractivity contribution in [2.24, 2.45) is 0 Å². The van der Waals surface area contributed by atoms with E-state index in [2.05, 4.69) is 4.98 Å². The zero-order valence-electron chi connectivity index (χ0n) is 8.84. The van der Waals surface area contributed by atoms with Crippen LogP contribution >= 0.6 is 0 Å². The van der Waals surface area contributed by atoms with Crippen LogP contribution in [0.15, 0.2) is 42.6 Å². The van der Waals surface area contributed by atoms with E-state index in [1.165, 1.54) is 6.92 Å². The van der Waals surface area contributed by atoms with E-state index in [9.17, 15) is 9.90 Å². The number of carbonyl (C=O) groups is 1. The average molecular weight is 213 g/mol. The molecule has 0 aliphatic heterocycles. The summed E-state index contributed by atoms with van der Waals surface area (Å²) in [6, 6.07) is 10.3. The topological polar surface area (TPSA) is 50.2 Å². The Labute approximate surface area is 93.4 Å². The second-order valence-corrected chi connectivity index (χ2v) is 3.51. The zero-order valence-corrected chi connectivity index (χ0v) is 8.84. The van der Waals surface area contributed by atoms with Crippen molar-refractivity contribution >= 4 is 5.78 Å². The van der Waals surface area contributed by atoms with Gasteiger partial charge in [-0.05, 0) is 25.1 Å². The third kappa shape index (κ3) is 1.93. The van der Waals surface area contributed by atoms with Crippen LogP contribution in [0.3, 0.4) is 0 Å². The van der Waals surface area contributed by atoms with Gasteiger partial charge in [0.25, 0.3) is 0 Å². The molecule has 80 valence electrons. The van der Waals surface area contributed by atoms with E-state index >= 15 is 0 Å². The lowest BCUT2D eigenvalue weighted by molar-refractivity contribution is 0.101. The summed E-state index contributed by atoms with van der Waals surface area (Å²) in [5.41, 5.74) is 1.85. The van der Waals surface area contributed by atoms with E-state index in [1.807, 2.05) is 6.07 Å².